The standard InChI is InChI=1S/C13H21N3/c1-10(15)12-3-2-6-16(9-12)13-5-4-11(7-13)8-14/h2,6,9,11,13H,1,3-5,7-8,14-15H2. The van der Waals surface area contributed by atoms with Crippen molar-refractivity contribution in [2.24, 2.45) is 17.4 Å². The van der Waals surface area contributed by atoms with E-state index >= 15 is 0 Å². The molecule has 3 nitrogen and oxygen atoms in total. The molecular formula is C13H21N3. The number of hydrogen-bond acceptors (Lipinski definition) is 3. The van der Waals surface area contributed by atoms with E-state index in [-0.39, 0.29) is 0 Å². The van der Waals surface area contributed by atoms with Crippen LogP contribution < -0.4 is 11.5 Å². The molecular weight excluding hydrogens is 198 g/mol. The van der Waals surface area contributed by atoms with Crippen LogP contribution >= 0.6 is 0 Å². The Bertz CT molecular complexity index is 330. The molecule has 2 atom stereocenters. The van der Waals surface area contributed by atoms with Crippen LogP contribution in [-0.4, -0.2) is 17.5 Å². The van der Waals surface area contributed by atoms with Gasteiger partial charge < -0.3 is 16.4 Å². The van der Waals surface area contributed by atoms with E-state index in [1.54, 1.807) is 0 Å². The van der Waals surface area contributed by atoms with E-state index in [0.717, 1.165) is 18.5 Å². The van der Waals surface area contributed by atoms with Gasteiger partial charge in [0.05, 0.1) is 0 Å². The van der Waals surface area contributed by atoms with Gasteiger partial charge in [-0.2, -0.15) is 0 Å². The van der Waals surface area contributed by atoms with Gasteiger partial charge in [-0.1, -0.05) is 12.7 Å². The summed E-state index contributed by atoms with van der Waals surface area (Å²) in [6, 6.07) is 0.597. The zero-order chi connectivity index (χ0) is 11.5. The Morgan fingerprint density at radius 3 is 2.94 bits per heavy atom. The van der Waals surface area contributed by atoms with E-state index < -0.39 is 0 Å². The SMILES string of the molecule is C=C(N)C1=CN(C2CCC(CN)C2)C=CC1. The fraction of sp³-hybridized carbons (Fsp3) is 0.538. The molecule has 1 aliphatic carbocycles. The molecule has 16 heavy (non-hydrogen) atoms. The molecule has 2 rings (SSSR count). The second kappa shape index (κ2) is 4.74. The van der Waals surface area contributed by atoms with Gasteiger partial charge in [0, 0.05) is 24.1 Å². The third kappa shape index (κ3) is 2.30. The maximum atomic E-state index is 5.74. The first-order valence-electron chi connectivity index (χ1n) is 6.00. The topological polar surface area (TPSA) is 55.3 Å². The van der Waals surface area contributed by atoms with Gasteiger partial charge in [0.2, 0.25) is 0 Å². The van der Waals surface area contributed by atoms with Crippen molar-refractivity contribution in [2.75, 3.05) is 6.54 Å². The molecule has 0 saturated heterocycles. The summed E-state index contributed by atoms with van der Waals surface area (Å²) in [6.45, 7) is 4.61. The smallest absolute Gasteiger partial charge is 0.0333 e. The third-order valence-electron chi connectivity index (χ3n) is 3.60. The second-order valence-electron chi connectivity index (χ2n) is 4.78. The van der Waals surface area contributed by atoms with Gasteiger partial charge in [-0.3, -0.25) is 0 Å². The summed E-state index contributed by atoms with van der Waals surface area (Å²) in [6.07, 6.45) is 11.0. The van der Waals surface area contributed by atoms with Gasteiger partial charge in [0.15, 0.2) is 0 Å². The lowest BCUT2D eigenvalue weighted by molar-refractivity contribution is 0.353. The Morgan fingerprint density at radius 1 is 1.50 bits per heavy atom. The van der Waals surface area contributed by atoms with Gasteiger partial charge in [0.25, 0.3) is 0 Å². The molecule has 0 bridgehead atoms. The molecule has 88 valence electrons. The van der Waals surface area contributed by atoms with Crippen molar-refractivity contribution in [1.82, 2.24) is 4.90 Å². The van der Waals surface area contributed by atoms with E-state index in [9.17, 15) is 0 Å². The highest BCUT2D eigenvalue weighted by Gasteiger charge is 2.27. The Kier molecular flexibility index (Phi) is 3.34. The zero-order valence-corrected chi connectivity index (χ0v) is 9.73. The van der Waals surface area contributed by atoms with E-state index in [1.807, 2.05) is 0 Å². The lowest BCUT2D eigenvalue weighted by Crippen LogP contribution is -2.26. The predicted octanol–water partition coefficient (Wildman–Crippen LogP) is 1.69. The molecule has 0 aromatic carbocycles. The van der Waals surface area contributed by atoms with Crippen LogP contribution in [0.5, 0.6) is 0 Å². The minimum absolute atomic E-state index is 0.597. The first-order chi connectivity index (χ1) is 7.70. The fourth-order valence-corrected chi connectivity index (χ4v) is 2.55. The van der Waals surface area contributed by atoms with Crippen LogP contribution in [0.4, 0.5) is 0 Å². The molecule has 0 spiro atoms. The van der Waals surface area contributed by atoms with Crippen molar-refractivity contribution in [2.45, 2.75) is 31.7 Å². The summed E-state index contributed by atoms with van der Waals surface area (Å²) in [5.41, 5.74) is 13.3. The number of nitrogens with zero attached hydrogens (tertiary/aromatic N) is 1. The summed E-state index contributed by atoms with van der Waals surface area (Å²) in [4.78, 5) is 2.28. The average molecular weight is 219 g/mol. The number of hydrogen-bond donors (Lipinski definition) is 2. The molecule has 0 aromatic rings. The van der Waals surface area contributed by atoms with Crippen molar-refractivity contribution in [3.63, 3.8) is 0 Å². The summed E-state index contributed by atoms with van der Waals surface area (Å²) in [5, 5.41) is 0. The minimum atomic E-state index is 0.597. The van der Waals surface area contributed by atoms with Crippen LogP contribution in [-0.2, 0) is 0 Å². The lowest BCUT2D eigenvalue weighted by Gasteiger charge is -2.28. The Morgan fingerprint density at radius 2 is 2.31 bits per heavy atom. The van der Waals surface area contributed by atoms with Crippen LogP contribution in [0.15, 0.2) is 36.3 Å². The summed E-state index contributed by atoms with van der Waals surface area (Å²) < 4.78 is 0. The van der Waals surface area contributed by atoms with Crippen molar-refractivity contribution in [3.05, 3.63) is 36.3 Å². The van der Waals surface area contributed by atoms with Gasteiger partial charge in [0.1, 0.15) is 0 Å². The molecule has 1 saturated carbocycles. The van der Waals surface area contributed by atoms with Crippen LogP contribution in [0.25, 0.3) is 0 Å². The van der Waals surface area contributed by atoms with Gasteiger partial charge in [-0.05, 0) is 43.7 Å². The molecule has 4 N–H and O–H groups in total. The Balaban J connectivity index is 2.02. The van der Waals surface area contributed by atoms with Crippen LogP contribution in [0.3, 0.4) is 0 Å². The van der Waals surface area contributed by atoms with E-state index in [0.29, 0.717) is 17.7 Å². The molecule has 1 aliphatic heterocycles. The van der Waals surface area contributed by atoms with Crippen molar-refractivity contribution < 1.29 is 0 Å². The first-order valence-corrected chi connectivity index (χ1v) is 6.00. The van der Waals surface area contributed by atoms with Crippen molar-refractivity contribution in [1.29, 1.82) is 0 Å². The minimum Gasteiger partial charge on any atom is -0.399 e. The second-order valence-corrected chi connectivity index (χ2v) is 4.78. The maximum Gasteiger partial charge on any atom is 0.0333 e. The van der Waals surface area contributed by atoms with E-state index in [4.69, 9.17) is 11.5 Å². The zero-order valence-electron chi connectivity index (χ0n) is 9.73. The summed E-state index contributed by atoms with van der Waals surface area (Å²) in [5.74, 6) is 0.693. The molecule has 0 amide bonds. The Hall–Kier alpha value is -1.22. The summed E-state index contributed by atoms with van der Waals surface area (Å²) >= 11 is 0. The van der Waals surface area contributed by atoms with Gasteiger partial charge in [-0.15, -0.1) is 0 Å². The molecule has 1 fully saturated rings. The molecule has 3 heteroatoms. The highest BCUT2D eigenvalue weighted by Crippen LogP contribution is 2.31. The van der Waals surface area contributed by atoms with Crippen LogP contribution in [0, 0.1) is 5.92 Å². The molecule has 0 aromatic heterocycles. The van der Waals surface area contributed by atoms with Gasteiger partial charge in [-0.25, -0.2) is 0 Å². The predicted molar refractivity (Wildman–Crippen MR) is 67.2 cm³/mol. The van der Waals surface area contributed by atoms with Crippen molar-refractivity contribution in [3.8, 4) is 0 Å². The Labute approximate surface area is 97.5 Å². The van der Waals surface area contributed by atoms with E-state index in [1.165, 1.54) is 19.3 Å². The lowest BCUT2D eigenvalue weighted by atomic mass is 10.1. The highest BCUT2D eigenvalue weighted by atomic mass is 15.1. The van der Waals surface area contributed by atoms with Crippen LogP contribution in [0.2, 0.25) is 0 Å². The number of rotatable bonds is 3. The first kappa shape index (κ1) is 11.3. The third-order valence-corrected chi connectivity index (χ3v) is 3.60. The van der Waals surface area contributed by atoms with Gasteiger partial charge >= 0.3 is 0 Å². The average Bonchev–Trinajstić information content (AvgIpc) is 2.77. The molecule has 2 aliphatic rings. The monoisotopic (exact) mass is 219 g/mol. The number of nitrogens with two attached hydrogens (primary N) is 2. The largest absolute Gasteiger partial charge is 0.399 e. The summed E-state index contributed by atoms with van der Waals surface area (Å²) in [7, 11) is 0. The highest BCUT2D eigenvalue weighted by molar-refractivity contribution is 5.30. The molecule has 1 heterocycles. The van der Waals surface area contributed by atoms with E-state index in [2.05, 4.69) is 30.0 Å². The van der Waals surface area contributed by atoms with Crippen LogP contribution in [0.1, 0.15) is 25.7 Å². The fourth-order valence-electron chi connectivity index (χ4n) is 2.55. The normalized spacial score (nSPS) is 29.3. The molecule has 0 radical (unpaired) electrons. The molecule has 2 unspecified atom stereocenters. The quantitative estimate of drug-likeness (QED) is 0.759. The number of allylic oxidation sites excluding steroid dienone is 2. The maximum absolute atomic E-state index is 5.74. The van der Waals surface area contributed by atoms with Crippen molar-refractivity contribution >= 4 is 0 Å².